The SMILES string of the molecule is CCC(NC1CCCC1SC)C(C)C. The molecular formula is C12H25NS. The van der Waals surface area contributed by atoms with Gasteiger partial charge in [-0.1, -0.05) is 27.2 Å². The van der Waals surface area contributed by atoms with E-state index in [1.54, 1.807) is 0 Å². The molecule has 3 unspecified atom stereocenters. The van der Waals surface area contributed by atoms with Crippen molar-refractivity contribution in [3.8, 4) is 0 Å². The zero-order chi connectivity index (χ0) is 10.6. The predicted octanol–water partition coefficient (Wildman–Crippen LogP) is 3.29. The molecule has 14 heavy (non-hydrogen) atoms. The number of thioether (sulfide) groups is 1. The lowest BCUT2D eigenvalue weighted by molar-refractivity contribution is 0.347. The molecule has 0 aliphatic heterocycles. The third kappa shape index (κ3) is 3.16. The van der Waals surface area contributed by atoms with E-state index in [-0.39, 0.29) is 0 Å². The lowest BCUT2D eigenvalue weighted by atomic mass is 10.0. The first kappa shape index (κ1) is 12.4. The molecule has 0 spiro atoms. The summed E-state index contributed by atoms with van der Waals surface area (Å²) in [4.78, 5) is 0. The minimum absolute atomic E-state index is 0.716. The van der Waals surface area contributed by atoms with Crippen LogP contribution in [-0.2, 0) is 0 Å². The molecule has 0 bridgehead atoms. The lowest BCUT2D eigenvalue weighted by Gasteiger charge is -2.28. The van der Waals surface area contributed by atoms with E-state index in [0.29, 0.717) is 6.04 Å². The molecule has 3 atom stereocenters. The van der Waals surface area contributed by atoms with Crippen LogP contribution in [0, 0.1) is 5.92 Å². The van der Waals surface area contributed by atoms with Gasteiger partial charge in [-0.3, -0.25) is 0 Å². The zero-order valence-corrected chi connectivity index (χ0v) is 10.9. The van der Waals surface area contributed by atoms with Gasteiger partial charge in [-0.15, -0.1) is 0 Å². The van der Waals surface area contributed by atoms with Crippen molar-refractivity contribution in [3.63, 3.8) is 0 Å². The van der Waals surface area contributed by atoms with Crippen molar-refractivity contribution < 1.29 is 0 Å². The van der Waals surface area contributed by atoms with Crippen LogP contribution in [0.3, 0.4) is 0 Å². The summed E-state index contributed by atoms with van der Waals surface area (Å²) in [5.74, 6) is 0.767. The van der Waals surface area contributed by atoms with Crippen molar-refractivity contribution in [2.24, 2.45) is 5.92 Å². The van der Waals surface area contributed by atoms with Crippen molar-refractivity contribution in [3.05, 3.63) is 0 Å². The molecule has 1 fully saturated rings. The molecule has 84 valence electrons. The molecule has 0 amide bonds. The van der Waals surface area contributed by atoms with Crippen LogP contribution in [0.5, 0.6) is 0 Å². The highest BCUT2D eigenvalue weighted by Gasteiger charge is 2.28. The third-order valence-corrected chi connectivity index (χ3v) is 4.60. The second kappa shape index (κ2) is 6.02. The van der Waals surface area contributed by atoms with E-state index in [1.165, 1.54) is 25.7 Å². The highest BCUT2D eigenvalue weighted by atomic mass is 32.2. The Bertz CT molecular complexity index is 158. The van der Waals surface area contributed by atoms with Gasteiger partial charge >= 0.3 is 0 Å². The summed E-state index contributed by atoms with van der Waals surface area (Å²) in [6.07, 6.45) is 7.72. The molecule has 0 aromatic rings. The quantitative estimate of drug-likeness (QED) is 0.755. The number of hydrogen-bond acceptors (Lipinski definition) is 2. The molecule has 0 aromatic carbocycles. The van der Waals surface area contributed by atoms with Gasteiger partial charge in [0.15, 0.2) is 0 Å². The standard InChI is InChI=1S/C12H25NS/c1-5-10(9(2)3)13-11-7-6-8-12(11)14-4/h9-13H,5-8H2,1-4H3. The largest absolute Gasteiger partial charge is 0.310 e. The Kier molecular flexibility index (Phi) is 5.32. The van der Waals surface area contributed by atoms with Crippen molar-refractivity contribution >= 4 is 11.8 Å². The van der Waals surface area contributed by atoms with E-state index < -0.39 is 0 Å². The van der Waals surface area contributed by atoms with Gasteiger partial charge in [0.1, 0.15) is 0 Å². The summed E-state index contributed by atoms with van der Waals surface area (Å²) >= 11 is 2.04. The zero-order valence-electron chi connectivity index (χ0n) is 10.0. The van der Waals surface area contributed by atoms with Gasteiger partial charge in [0.2, 0.25) is 0 Å². The predicted molar refractivity (Wildman–Crippen MR) is 67.0 cm³/mol. The fourth-order valence-electron chi connectivity index (χ4n) is 2.46. The molecule has 2 heteroatoms. The molecule has 1 nitrogen and oxygen atoms in total. The monoisotopic (exact) mass is 215 g/mol. The summed E-state index contributed by atoms with van der Waals surface area (Å²) in [6.45, 7) is 6.94. The van der Waals surface area contributed by atoms with E-state index in [2.05, 4.69) is 32.3 Å². The third-order valence-electron chi connectivity index (χ3n) is 3.43. The fraction of sp³-hybridized carbons (Fsp3) is 1.00. The van der Waals surface area contributed by atoms with Crippen LogP contribution >= 0.6 is 11.8 Å². The summed E-state index contributed by atoms with van der Waals surface area (Å²) in [6, 6.07) is 1.49. The topological polar surface area (TPSA) is 12.0 Å². The van der Waals surface area contributed by atoms with Crippen LogP contribution < -0.4 is 5.32 Å². The molecular weight excluding hydrogens is 190 g/mol. The van der Waals surface area contributed by atoms with E-state index >= 15 is 0 Å². The molecule has 1 aliphatic rings. The molecule has 0 aromatic heterocycles. The normalized spacial score (nSPS) is 29.8. The minimum Gasteiger partial charge on any atom is -0.310 e. The van der Waals surface area contributed by atoms with Crippen molar-refractivity contribution in [2.75, 3.05) is 6.26 Å². The maximum absolute atomic E-state index is 3.85. The smallest absolute Gasteiger partial charge is 0.0198 e. The molecule has 0 radical (unpaired) electrons. The molecule has 0 saturated heterocycles. The molecule has 1 rings (SSSR count). The Morgan fingerprint density at radius 2 is 2.07 bits per heavy atom. The first-order valence-corrected chi connectivity index (χ1v) is 7.26. The first-order valence-electron chi connectivity index (χ1n) is 5.97. The molecule has 1 saturated carbocycles. The van der Waals surface area contributed by atoms with Gasteiger partial charge in [0.05, 0.1) is 0 Å². The Hall–Kier alpha value is 0.310. The average molecular weight is 215 g/mol. The van der Waals surface area contributed by atoms with Crippen LogP contribution in [0.2, 0.25) is 0 Å². The summed E-state index contributed by atoms with van der Waals surface area (Å²) in [5.41, 5.74) is 0. The van der Waals surface area contributed by atoms with Gasteiger partial charge in [0.25, 0.3) is 0 Å². The number of hydrogen-bond donors (Lipinski definition) is 1. The van der Waals surface area contributed by atoms with E-state index in [4.69, 9.17) is 0 Å². The maximum atomic E-state index is 3.85. The minimum atomic E-state index is 0.716. The molecule has 1 aliphatic carbocycles. The maximum Gasteiger partial charge on any atom is 0.0198 e. The summed E-state index contributed by atoms with van der Waals surface area (Å²) in [7, 11) is 0. The second-order valence-corrected chi connectivity index (χ2v) is 5.81. The Morgan fingerprint density at radius 1 is 1.36 bits per heavy atom. The van der Waals surface area contributed by atoms with Crippen LogP contribution in [0.15, 0.2) is 0 Å². The van der Waals surface area contributed by atoms with E-state index in [9.17, 15) is 0 Å². The first-order chi connectivity index (χ1) is 6.69. The summed E-state index contributed by atoms with van der Waals surface area (Å²) < 4.78 is 0. The Balaban J connectivity index is 2.41. The van der Waals surface area contributed by atoms with Crippen LogP contribution in [0.1, 0.15) is 46.5 Å². The van der Waals surface area contributed by atoms with Gasteiger partial charge in [0, 0.05) is 17.3 Å². The Morgan fingerprint density at radius 3 is 2.57 bits per heavy atom. The lowest BCUT2D eigenvalue weighted by Crippen LogP contribution is -2.43. The number of nitrogens with one attached hydrogen (secondary N) is 1. The van der Waals surface area contributed by atoms with Crippen LogP contribution in [0.4, 0.5) is 0 Å². The fourth-order valence-corrected chi connectivity index (χ4v) is 3.40. The van der Waals surface area contributed by atoms with Crippen molar-refractivity contribution in [1.29, 1.82) is 0 Å². The highest BCUT2D eigenvalue weighted by molar-refractivity contribution is 7.99. The van der Waals surface area contributed by atoms with Crippen molar-refractivity contribution in [2.45, 2.75) is 63.8 Å². The van der Waals surface area contributed by atoms with Crippen LogP contribution in [-0.4, -0.2) is 23.6 Å². The average Bonchev–Trinajstić information content (AvgIpc) is 2.60. The highest BCUT2D eigenvalue weighted by Crippen LogP contribution is 2.29. The van der Waals surface area contributed by atoms with Gasteiger partial charge < -0.3 is 5.32 Å². The second-order valence-electron chi connectivity index (χ2n) is 4.74. The van der Waals surface area contributed by atoms with Gasteiger partial charge in [-0.25, -0.2) is 0 Å². The number of rotatable bonds is 5. The Labute approximate surface area is 93.4 Å². The van der Waals surface area contributed by atoms with Gasteiger partial charge in [-0.2, -0.15) is 11.8 Å². The van der Waals surface area contributed by atoms with Crippen molar-refractivity contribution in [1.82, 2.24) is 5.32 Å². The summed E-state index contributed by atoms with van der Waals surface area (Å²) in [5, 5.41) is 4.71. The van der Waals surface area contributed by atoms with Gasteiger partial charge in [-0.05, 0) is 31.4 Å². The molecule has 0 heterocycles. The van der Waals surface area contributed by atoms with Crippen LogP contribution in [0.25, 0.3) is 0 Å². The van der Waals surface area contributed by atoms with E-state index in [0.717, 1.165) is 17.2 Å². The van der Waals surface area contributed by atoms with E-state index in [1.807, 2.05) is 11.8 Å². The molecule has 1 N–H and O–H groups in total.